The van der Waals surface area contributed by atoms with Gasteiger partial charge in [-0.2, -0.15) is 0 Å². The van der Waals surface area contributed by atoms with Gasteiger partial charge in [0.1, 0.15) is 11.9 Å². The smallest absolute Gasteiger partial charge is 0.245 e. The number of nitrogens with zero attached hydrogens (tertiary/aromatic N) is 1. The van der Waals surface area contributed by atoms with Gasteiger partial charge in [0, 0.05) is 18.8 Å². The molecule has 1 aliphatic heterocycles. The van der Waals surface area contributed by atoms with Gasteiger partial charge >= 0.3 is 0 Å². The molecule has 0 spiro atoms. The van der Waals surface area contributed by atoms with Crippen LogP contribution in [0.25, 0.3) is 0 Å². The fraction of sp³-hybridized carbons (Fsp3) is 0.278. The summed E-state index contributed by atoms with van der Waals surface area (Å²) < 4.78 is 13.0. The number of benzene rings is 2. The molecular formula is C18H20FN3O. The van der Waals surface area contributed by atoms with Crippen LogP contribution >= 0.6 is 0 Å². The molecule has 3 rings (SSSR count). The Hall–Kier alpha value is -2.24. The highest BCUT2D eigenvalue weighted by Crippen LogP contribution is 2.24. The summed E-state index contributed by atoms with van der Waals surface area (Å²) in [5, 5.41) is 0. The van der Waals surface area contributed by atoms with Crippen LogP contribution in [0.3, 0.4) is 0 Å². The van der Waals surface area contributed by atoms with Crippen molar-refractivity contribution in [3.05, 3.63) is 65.5 Å². The number of halogens is 1. The van der Waals surface area contributed by atoms with Gasteiger partial charge in [-0.15, -0.1) is 0 Å². The molecule has 0 saturated carbocycles. The van der Waals surface area contributed by atoms with E-state index in [9.17, 15) is 9.18 Å². The molecule has 2 N–H and O–H groups in total. The van der Waals surface area contributed by atoms with Crippen molar-refractivity contribution in [3.63, 3.8) is 0 Å². The lowest BCUT2D eigenvalue weighted by Gasteiger charge is -2.21. The molecule has 0 bridgehead atoms. The van der Waals surface area contributed by atoms with Crippen molar-refractivity contribution in [2.24, 2.45) is 0 Å². The first-order valence-electron chi connectivity index (χ1n) is 7.65. The highest BCUT2D eigenvalue weighted by Gasteiger charge is 2.32. The summed E-state index contributed by atoms with van der Waals surface area (Å²) in [7, 11) is 1.78. The predicted octanol–water partition coefficient (Wildman–Crippen LogP) is 2.70. The second kappa shape index (κ2) is 6.48. The molecule has 23 heavy (non-hydrogen) atoms. The van der Waals surface area contributed by atoms with Crippen LogP contribution in [-0.4, -0.2) is 19.0 Å². The minimum atomic E-state index is -0.310. The number of carbonyl (C=O) groups is 1. The first-order valence-corrected chi connectivity index (χ1v) is 7.65. The van der Waals surface area contributed by atoms with Crippen molar-refractivity contribution in [2.75, 3.05) is 11.9 Å². The first kappa shape index (κ1) is 15.6. The standard InChI is InChI=1S/C18H20FN3O/c1-12-4-3-5-15(10-12)22(2)18(23)17-11-16(20-21-17)13-6-8-14(19)9-7-13/h3-10,16-17,20-21H,11H2,1-2H3. The van der Waals surface area contributed by atoms with Crippen molar-refractivity contribution in [1.82, 2.24) is 10.9 Å². The Kier molecular flexibility index (Phi) is 4.41. The van der Waals surface area contributed by atoms with E-state index < -0.39 is 0 Å². The highest BCUT2D eigenvalue weighted by molar-refractivity contribution is 5.97. The maximum absolute atomic E-state index is 13.0. The molecule has 2 aromatic carbocycles. The average molecular weight is 313 g/mol. The SMILES string of the molecule is Cc1cccc(N(C)C(=O)C2CC(c3ccc(F)cc3)NN2)c1. The number of carbonyl (C=O) groups excluding carboxylic acids is 1. The fourth-order valence-electron chi connectivity index (χ4n) is 2.83. The van der Waals surface area contributed by atoms with Crippen LogP contribution in [-0.2, 0) is 4.79 Å². The van der Waals surface area contributed by atoms with E-state index >= 15 is 0 Å². The number of hydrogen-bond acceptors (Lipinski definition) is 3. The molecule has 0 aliphatic carbocycles. The lowest BCUT2D eigenvalue weighted by Crippen LogP contribution is -2.44. The summed E-state index contributed by atoms with van der Waals surface area (Å²) >= 11 is 0. The lowest BCUT2D eigenvalue weighted by atomic mass is 10.0. The Morgan fingerprint density at radius 1 is 1.17 bits per heavy atom. The van der Waals surface area contributed by atoms with E-state index in [4.69, 9.17) is 0 Å². The summed E-state index contributed by atoms with van der Waals surface area (Å²) in [4.78, 5) is 14.3. The number of aryl methyl sites for hydroxylation is 1. The lowest BCUT2D eigenvalue weighted by molar-refractivity contribution is -0.120. The van der Waals surface area contributed by atoms with E-state index in [0.29, 0.717) is 6.42 Å². The second-order valence-corrected chi connectivity index (χ2v) is 5.92. The van der Waals surface area contributed by atoms with E-state index in [0.717, 1.165) is 16.8 Å². The first-order chi connectivity index (χ1) is 11.0. The number of hydrogen-bond donors (Lipinski definition) is 2. The van der Waals surface area contributed by atoms with Crippen molar-refractivity contribution in [3.8, 4) is 0 Å². The number of rotatable bonds is 3. The molecule has 1 aliphatic rings. The Bertz CT molecular complexity index is 702. The van der Waals surface area contributed by atoms with Crippen LogP contribution in [0.5, 0.6) is 0 Å². The zero-order chi connectivity index (χ0) is 16.4. The van der Waals surface area contributed by atoms with Gasteiger partial charge < -0.3 is 4.90 Å². The molecule has 2 unspecified atom stereocenters. The summed E-state index contributed by atoms with van der Waals surface area (Å²) in [6.07, 6.45) is 0.626. The number of nitrogens with one attached hydrogen (secondary N) is 2. The molecular weight excluding hydrogens is 293 g/mol. The van der Waals surface area contributed by atoms with Crippen molar-refractivity contribution < 1.29 is 9.18 Å². The average Bonchev–Trinajstić information content (AvgIpc) is 3.04. The number of hydrazine groups is 1. The molecule has 2 aromatic rings. The van der Waals surface area contributed by atoms with Crippen LogP contribution in [0.2, 0.25) is 0 Å². The van der Waals surface area contributed by atoms with Gasteiger partial charge in [0.15, 0.2) is 0 Å². The van der Waals surface area contributed by atoms with Gasteiger partial charge in [0.2, 0.25) is 5.91 Å². The second-order valence-electron chi connectivity index (χ2n) is 5.92. The monoisotopic (exact) mass is 313 g/mol. The molecule has 120 valence electrons. The maximum atomic E-state index is 13.0. The third-order valence-corrected chi connectivity index (χ3v) is 4.19. The number of anilines is 1. The predicted molar refractivity (Wildman–Crippen MR) is 88.4 cm³/mol. The molecule has 0 aromatic heterocycles. The zero-order valence-electron chi connectivity index (χ0n) is 13.2. The van der Waals surface area contributed by atoms with Crippen LogP contribution in [0, 0.1) is 12.7 Å². The minimum absolute atomic E-state index is 0.00420. The molecule has 2 atom stereocenters. The molecule has 4 nitrogen and oxygen atoms in total. The Morgan fingerprint density at radius 3 is 2.61 bits per heavy atom. The quantitative estimate of drug-likeness (QED) is 0.916. The van der Waals surface area contributed by atoms with Gasteiger partial charge in [-0.3, -0.25) is 4.79 Å². The molecule has 1 saturated heterocycles. The van der Waals surface area contributed by atoms with Crippen molar-refractivity contribution >= 4 is 11.6 Å². The van der Waals surface area contributed by atoms with Gasteiger partial charge in [0.25, 0.3) is 0 Å². The zero-order valence-corrected chi connectivity index (χ0v) is 13.2. The normalized spacial score (nSPS) is 20.5. The van der Waals surface area contributed by atoms with Gasteiger partial charge in [-0.1, -0.05) is 24.3 Å². The van der Waals surface area contributed by atoms with Gasteiger partial charge in [-0.25, -0.2) is 15.2 Å². The number of likely N-dealkylation sites (N-methyl/N-ethyl adjacent to an activating group) is 1. The van der Waals surface area contributed by atoms with Crippen LogP contribution in [0.15, 0.2) is 48.5 Å². The van der Waals surface area contributed by atoms with Crippen molar-refractivity contribution in [2.45, 2.75) is 25.4 Å². The Labute approximate surface area is 135 Å². The third-order valence-electron chi connectivity index (χ3n) is 4.19. The summed E-state index contributed by atoms with van der Waals surface area (Å²) in [5.74, 6) is -0.251. The van der Waals surface area contributed by atoms with Gasteiger partial charge in [-0.05, 0) is 48.7 Å². The van der Waals surface area contributed by atoms with E-state index in [2.05, 4.69) is 10.9 Å². The molecule has 5 heteroatoms. The summed E-state index contributed by atoms with van der Waals surface area (Å²) in [6.45, 7) is 2.00. The topological polar surface area (TPSA) is 44.4 Å². The summed E-state index contributed by atoms with van der Waals surface area (Å²) in [6, 6.07) is 13.9. The molecule has 1 heterocycles. The third kappa shape index (κ3) is 3.41. The summed E-state index contributed by atoms with van der Waals surface area (Å²) in [5.41, 5.74) is 9.13. The van der Waals surface area contributed by atoms with E-state index in [1.165, 1.54) is 12.1 Å². The Balaban J connectivity index is 1.68. The fourth-order valence-corrected chi connectivity index (χ4v) is 2.83. The van der Waals surface area contributed by atoms with Crippen molar-refractivity contribution in [1.29, 1.82) is 0 Å². The van der Waals surface area contributed by atoms with Crippen LogP contribution in [0.4, 0.5) is 10.1 Å². The van der Waals surface area contributed by atoms with Gasteiger partial charge in [0.05, 0.1) is 0 Å². The molecule has 0 radical (unpaired) electrons. The highest BCUT2D eigenvalue weighted by atomic mass is 19.1. The van der Waals surface area contributed by atoms with Crippen LogP contribution < -0.4 is 15.8 Å². The van der Waals surface area contributed by atoms with Crippen LogP contribution in [0.1, 0.15) is 23.6 Å². The molecule has 1 fully saturated rings. The largest absolute Gasteiger partial charge is 0.314 e. The molecule has 1 amide bonds. The minimum Gasteiger partial charge on any atom is -0.314 e. The number of amides is 1. The maximum Gasteiger partial charge on any atom is 0.245 e. The Morgan fingerprint density at radius 2 is 1.91 bits per heavy atom. The van der Waals surface area contributed by atoms with E-state index in [1.54, 1.807) is 24.1 Å². The van der Waals surface area contributed by atoms with E-state index in [1.807, 2.05) is 31.2 Å². The van der Waals surface area contributed by atoms with E-state index in [-0.39, 0.29) is 23.8 Å².